The molecule has 1 atom stereocenters. The molecule has 2 aromatic rings. The summed E-state index contributed by atoms with van der Waals surface area (Å²) in [4.78, 5) is 19.7. The van der Waals surface area contributed by atoms with Gasteiger partial charge in [-0.05, 0) is 37.1 Å². The van der Waals surface area contributed by atoms with Crippen molar-refractivity contribution in [2.24, 2.45) is 0 Å². The first kappa shape index (κ1) is 13.1. The molecule has 1 aromatic carbocycles. The highest BCUT2D eigenvalue weighted by atomic mass is 16.2. The van der Waals surface area contributed by atoms with Gasteiger partial charge in [-0.1, -0.05) is 13.0 Å². The van der Waals surface area contributed by atoms with Gasteiger partial charge in [0.05, 0.1) is 17.1 Å². The standard InChI is InChI=1S/C15H20N4O/c1-2-14-18-11-6-5-10(8-13(11)19-14)9-17-15(20)12-4-3-7-16-12/h5-6,8,12,16H,2-4,7,9H2,1H3,(H,17,20)(H,18,19). The molecule has 5 nitrogen and oxygen atoms in total. The monoisotopic (exact) mass is 272 g/mol. The van der Waals surface area contributed by atoms with E-state index in [2.05, 4.69) is 33.6 Å². The molecule has 106 valence electrons. The first-order chi connectivity index (χ1) is 9.76. The highest BCUT2D eigenvalue weighted by molar-refractivity contribution is 5.82. The maximum absolute atomic E-state index is 11.9. The molecule has 0 bridgehead atoms. The summed E-state index contributed by atoms with van der Waals surface area (Å²) < 4.78 is 0. The maximum atomic E-state index is 11.9. The van der Waals surface area contributed by atoms with Crippen LogP contribution >= 0.6 is 0 Å². The molecule has 1 saturated heterocycles. The van der Waals surface area contributed by atoms with E-state index in [1.807, 2.05) is 12.1 Å². The van der Waals surface area contributed by atoms with Crippen molar-refractivity contribution in [3.05, 3.63) is 29.6 Å². The third-order valence-corrected chi connectivity index (χ3v) is 3.77. The van der Waals surface area contributed by atoms with E-state index >= 15 is 0 Å². The molecule has 0 aliphatic carbocycles. The Labute approximate surface area is 118 Å². The van der Waals surface area contributed by atoms with Gasteiger partial charge in [-0.15, -0.1) is 0 Å². The first-order valence-electron chi connectivity index (χ1n) is 7.25. The van der Waals surface area contributed by atoms with Crippen LogP contribution in [0, 0.1) is 0 Å². The van der Waals surface area contributed by atoms with Crippen molar-refractivity contribution in [1.82, 2.24) is 20.6 Å². The summed E-state index contributed by atoms with van der Waals surface area (Å²) in [6, 6.07) is 6.06. The molecule has 2 heterocycles. The van der Waals surface area contributed by atoms with Crippen molar-refractivity contribution >= 4 is 16.9 Å². The highest BCUT2D eigenvalue weighted by Crippen LogP contribution is 2.14. The molecule has 0 radical (unpaired) electrons. The minimum Gasteiger partial charge on any atom is -0.351 e. The fourth-order valence-electron chi connectivity index (χ4n) is 2.61. The smallest absolute Gasteiger partial charge is 0.237 e. The third-order valence-electron chi connectivity index (χ3n) is 3.77. The number of amides is 1. The van der Waals surface area contributed by atoms with Crippen molar-refractivity contribution in [2.45, 2.75) is 38.8 Å². The molecule has 1 unspecified atom stereocenters. The number of rotatable bonds is 4. The molecule has 0 spiro atoms. The quantitative estimate of drug-likeness (QED) is 0.790. The third kappa shape index (κ3) is 2.67. The van der Waals surface area contributed by atoms with Crippen LogP contribution in [0.2, 0.25) is 0 Å². The summed E-state index contributed by atoms with van der Waals surface area (Å²) in [5, 5.41) is 6.20. The molecular formula is C15H20N4O. The number of hydrogen-bond donors (Lipinski definition) is 3. The van der Waals surface area contributed by atoms with Crippen LogP contribution in [0.4, 0.5) is 0 Å². The van der Waals surface area contributed by atoms with E-state index in [0.29, 0.717) is 6.54 Å². The Kier molecular flexibility index (Phi) is 3.69. The Hall–Kier alpha value is -1.88. The van der Waals surface area contributed by atoms with E-state index < -0.39 is 0 Å². The number of carbonyl (C=O) groups is 1. The summed E-state index contributed by atoms with van der Waals surface area (Å²) >= 11 is 0. The number of aromatic nitrogens is 2. The number of benzene rings is 1. The van der Waals surface area contributed by atoms with Gasteiger partial charge >= 0.3 is 0 Å². The van der Waals surface area contributed by atoms with E-state index in [9.17, 15) is 4.79 Å². The summed E-state index contributed by atoms with van der Waals surface area (Å²) in [5.74, 6) is 1.10. The number of H-pyrrole nitrogens is 1. The summed E-state index contributed by atoms with van der Waals surface area (Å²) in [5.41, 5.74) is 3.11. The second kappa shape index (κ2) is 5.63. The van der Waals surface area contributed by atoms with E-state index in [0.717, 1.165) is 48.2 Å². The summed E-state index contributed by atoms with van der Waals surface area (Å²) in [7, 11) is 0. The van der Waals surface area contributed by atoms with E-state index in [4.69, 9.17) is 0 Å². The van der Waals surface area contributed by atoms with Crippen LogP contribution in [0.25, 0.3) is 11.0 Å². The molecule has 5 heteroatoms. The molecule has 0 saturated carbocycles. The number of imidazole rings is 1. The molecule has 1 aromatic heterocycles. The van der Waals surface area contributed by atoms with E-state index in [-0.39, 0.29) is 11.9 Å². The minimum atomic E-state index is -0.0161. The number of aryl methyl sites for hydroxylation is 1. The van der Waals surface area contributed by atoms with Crippen LogP contribution in [0.3, 0.4) is 0 Å². The van der Waals surface area contributed by atoms with E-state index in [1.165, 1.54) is 0 Å². The fourth-order valence-corrected chi connectivity index (χ4v) is 2.61. The molecule has 3 N–H and O–H groups in total. The SMILES string of the molecule is CCc1nc2ccc(CNC(=O)C3CCCN3)cc2[nH]1. The molecule has 1 aliphatic heterocycles. The first-order valence-corrected chi connectivity index (χ1v) is 7.25. The lowest BCUT2D eigenvalue weighted by Crippen LogP contribution is -2.39. The van der Waals surface area contributed by atoms with Crippen molar-refractivity contribution in [3.63, 3.8) is 0 Å². The molecule has 20 heavy (non-hydrogen) atoms. The number of carbonyl (C=O) groups excluding carboxylic acids is 1. The molecule has 3 rings (SSSR count). The van der Waals surface area contributed by atoms with Gasteiger partial charge in [-0.25, -0.2) is 4.98 Å². The van der Waals surface area contributed by atoms with Crippen LogP contribution < -0.4 is 10.6 Å². The van der Waals surface area contributed by atoms with Gasteiger partial charge in [-0.3, -0.25) is 4.79 Å². The zero-order valence-corrected chi connectivity index (χ0v) is 11.7. The lowest BCUT2D eigenvalue weighted by Gasteiger charge is -2.11. The Bertz CT molecular complexity index is 613. The zero-order valence-electron chi connectivity index (χ0n) is 11.7. The largest absolute Gasteiger partial charge is 0.351 e. The Morgan fingerprint density at radius 1 is 1.50 bits per heavy atom. The summed E-state index contributed by atoms with van der Waals surface area (Å²) in [6.45, 7) is 3.58. The lowest BCUT2D eigenvalue weighted by atomic mass is 10.2. The maximum Gasteiger partial charge on any atom is 0.237 e. The van der Waals surface area contributed by atoms with Crippen LogP contribution in [0.5, 0.6) is 0 Å². The van der Waals surface area contributed by atoms with Gasteiger partial charge < -0.3 is 15.6 Å². The van der Waals surface area contributed by atoms with Gasteiger partial charge in [0.25, 0.3) is 0 Å². The van der Waals surface area contributed by atoms with Gasteiger partial charge in [0.15, 0.2) is 0 Å². The number of aromatic amines is 1. The highest BCUT2D eigenvalue weighted by Gasteiger charge is 2.21. The normalized spacial score (nSPS) is 18.6. The molecule has 1 amide bonds. The van der Waals surface area contributed by atoms with Crippen molar-refractivity contribution < 1.29 is 4.79 Å². The average molecular weight is 272 g/mol. The number of nitrogens with one attached hydrogen (secondary N) is 3. The van der Waals surface area contributed by atoms with Crippen molar-refractivity contribution in [1.29, 1.82) is 0 Å². The minimum absolute atomic E-state index is 0.0161. The van der Waals surface area contributed by atoms with Crippen molar-refractivity contribution in [3.8, 4) is 0 Å². The van der Waals surface area contributed by atoms with Crippen LogP contribution in [0.1, 0.15) is 31.2 Å². The van der Waals surface area contributed by atoms with Gasteiger partial charge in [0.2, 0.25) is 5.91 Å². The average Bonchev–Trinajstić information content (AvgIpc) is 3.12. The Balaban J connectivity index is 1.66. The Morgan fingerprint density at radius 2 is 2.40 bits per heavy atom. The predicted molar refractivity (Wildman–Crippen MR) is 78.3 cm³/mol. The lowest BCUT2D eigenvalue weighted by molar-refractivity contribution is -0.122. The van der Waals surface area contributed by atoms with Gasteiger partial charge in [0, 0.05) is 13.0 Å². The van der Waals surface area contributed by atoms with E-state index in [1.54, 1.807) is 0 Å². The number of fused-ring (bicyclic) bond motifs is 1. The zero-order chi connectivity index (χ0) is 13.9. The predicted octanol–water partition coefficient (Wildman–Crippen LogP) is 1.49. The fraction of sp³-hybridized carbons (Fsp3) is 0.467. The second-order valence-electron chi connectivity index (χ2n) is 5.26. The topological polar surface area (TPSA) is 69.8 Å². The van der Waals surface area contributed by atoms with Crippen LogP contribution in [0.15, 0.2) is 18.2 Å². The number of nitrogens with zero attached hydrogens (tertiary/aromatic N) is 1. The number of hydrogen-bond acceptors (Lipinski definition) is 3. The molecule has 1 aliphatic rings. The van der Waals surface area contributed by atoms with Crippen LogP contribution in [-0.4, -0.2) is 28.5 Å². The van der Waals surface area contributed by atoms with Crippen molar-refractivity contribution in [2.75, 3.05) is 6.54 Å². The van der Waals surface area contributed by atoms with Gasteiger partial charge in [0.1, 0.15) is 5.82 Å². The molecule has 1 fully saturated rings. The second-order valence-corrected chi connectivity index (χ2v) is 5.26. The molecular weight excluding hydrogens is 252 g/mol. The Morgan fingerprint density at radius 3 is 3.15 bits per heavy atom. The van der Waals surface area contributed by atoms with Gasteiger partial charge in [-0.2, -0.15) is 0 Å². The van der Waals surface area contributed by atoms with Crippen LogP contribution in [-0.2, 0) is 17.8 Å². The summed E-state index contributed by atoms with van der Waals surface area (Å²) in [6.07, 6.45) is 2.91.